The van der Waals surface area contributed by atoms with Gasteiger partial charge in [-0.3, -0.25) is 9.48 Å². The lowest BCUT2D eigenvalue weighted by Gasteiger charge is -2.18. The lowest BCUT2D eigenvalue weighted by Crippen LogP contribution is -2.27. The second-order valence-corrected chi connectivity index (χ2v) is 8.21. The fraction of sp³-hybridized carbons (Fsp3) is 0.318. The number of carbonyl (C=O) groups excluding carboxylic acids is 1. The molecule has 12 heteroatoms. The van der Waals surface area contributed by atoms with E-state index < -0.39 is 17.8 Å². The number of aryl methyl sites for hydroxylation is 1. The van der Waals surface area contributed by atoms with E-state index >= 15 is 0 Å². The van der Waals surface area contributed by atoms with Crippen LogP contribution in [0.5, 0.6) is 0 Å². The van der Waals surface area contributed by atoms with E-state index in [1.165, 1.54) is 30.1 Å². The van der Waals surface area contributed by atoms with E-state index in [9.17, 15) is 18.0 Å². The molecular weight excluding hydrogens is 449 g/mol. The minimum absolute atomic E-state index is 0.00496. The Morgan fingerprint density at radius 3 is 2.76 bits per heavy atom. The van der Waals surface area contributed by atoms with Gasteiger partial charge in [0.15, 0.2) is 5.65 Å². The summed E-state index contributed by atoms with van der Waals surface area (Å²) in [7, 11) is 1.54. The lowest BCUT2D eigenvalue weighted by atomic mass is 10.1. The number of amides is 1. The number of pyridine rings is 2. The normalized spacial score (nSPS) is 16.4. The number of aromatic nitrogens is 6. The van der Waals surface area contributed by atoms with Gasteiger partial charge in [0, 0.05) is 37.6 Å². The Morgan fingerprint density at radius 1 is 1.21 bits per heavy atom. The van der Waals surface area contributed by atoms with Crippen LogP contribution in [0.4, 0.5) is 24.8 Å². The van der Waals surface area contributed by atoms with Crippen LogP contribution < -0.4 is 10.2 Å². The average Bonchev–Trinajstić information content (AvgIpc) is 3.50. The summed E-state index contributed by atoms with van der Waals surface area (Å²) in [6, 6.07) is 7.27. The van der Waals surface area contributed by atoms with Crippen LogP contribution in [0.2, 0.25) is 0 Å². The van der Waals surface area contributed by atoms with Crippen molar-refractivity contribution in [3.63, 3.8) is 0 Å². The van der Waals surface area contributed by atoms with E-state index in [1.54, 1.807) is 22.8 Å². The first kappa shape index (κ1) is 21.9. The van der Waals surface area contributed by atoms with Crippen LogP contribution in [-0.2, 0) is 13.2 Å². The quantitative estimate of drug-likeness (QED) is 0.488. The van der Waals surface area contributed by atoms with Crippen LogP contribution in [0.15, 0.2) is 42.7 Å². The number of nitrogens with zero attached hydrogens (tertiary/aromatic N) is 7. The highest BCUT2D eigenvalue weighted by Crippen LogP contribution is 2.30. The number of halogens is 3. The van der Waals surface area contributed by atoms with Gasteiger partial charge in [-0.05, 0) is 38.0 Å². The second kappa shape index (κ2) is 8.12. The molecule has 0 radical (unpaired) electrons. The Kier molecular flexibility index (Phi) is 5.22. The van der Waals surface area contributed by atoms with Crippen LogP contribution in [0.1, 0.15) is 35.9 Å². The Hall–Kier alpha value is -3.96. The predicted molar refractivity (Wildman–Crippen MR) is 118 cm³/mol. The van der Waals surface area contributed by atoms with Crippen molar-refractivity contribution >= 4 is 23.2 Å². The van der Waals surface area contributed by atoms with E-state index in [0.29, 0.717) is 23.3 Å². The summed E-state index contributed by atoms with van der Waals surface area (Å²) in [6.07, 6.45) is 0.597. The Balaban J connectivity index is 1.42. The third-order valence-corrected chi connectivity index (χ3v) is 5.86. The number of hydrogen-bond donors (Lipinski definition) is 1. The lowest BCUT2D eigenvalue weighted by molar-refractivity contribution is -0.141. The molecule has 1 atom stereocenters. The van der Waals surface area contributed by atoms with E-state index in [1.807, 2.05) is 0 Å². The SMILES string of the molecule is CC1CCCN1c1nc2cc(NC(=O)c3c(-c4cccc(C(F)(F)F)n4)cnn3C)ccn2n1. The molecule has 1 saturated heterocycles. The van der Waals surface area contributed by atoms with Gasteiger partial charge in [-0.25, -0.2) is 9.50 Å². The molecule has 0 aromatic carbocycles. The maximum absolute atomic E-state index is 13.1. The molecule has 1 amide bonds. The molecule has 1 unspecified atom stereocenters. The highest BCUT2D eigenvalue weighted by molar-refractivity contribution is 6.07. The molecule has 0 saturated carbocycles. The molecule has 176 valence electrons. The molecular formula is C22H21F3N8O. The van der Waals surface area contributed by atoms with Crippen molar-refractivity contribution in [2.24, 2.45) is 7.05 Å². The zero-order valence-electron chi connectivity index (χ0n) is 18.4. The minimum Gasteiger partial charge on any atom is -0.337 e. The van der Waals surface area contributed by atoms with Gasteiger partial charge in [0.2, 0.25) is 5.95 Å². The van der Waals surface area contributed by atoms with Gasteiger partial charge in [0.05, 0.1) is 17.5 Å². The van der Waals surface area contributed by atoms with Crippen molar-refractivity contribution in [3.8, 4) is 11.3 Å². The summed E-state index contributed by atoms with van der Waals surface area (Å²) < 4.78 is 42.3. The summed E-state index contributed by atoms with van der Waals surface area (Å²) in [6.45, 7) is 3.03. The molecule has 0 bridgehead atoms. The number of rotatable bonds is 4. The first-order chi connectivity index (χ1) is 16.2. The molecule has 1 aliphatic rings. The van der Waals surface area contributed by atoms with Crippen LogP contribution in [0, 0.1) is 0 Å². The van der Waals surface area contributed by atoms with Crippen molar-refractivity contribution in [2.75, 3.05) is 16.8 Å². The van der Waals surface area contributed by atoms with Gasteiger partial charge in [-0.2, -0.15) is 23.3 Å². The first-order valence-electron chi connectivity index (χ1n) is 10.7. The van der Waals surface area contributed by atoms with Crippen molar-refractivity contribution in [1.29, 1.82) is 0 Å². The van der Waals surface area contributed by atoms with Crippen LogP contribution in [0.25, 0.3) is 16.9 Å². The molecule has 5 rings (SSSR count). The second-order valence-electron chi connectivity index (χ2n) is 8.21. The van der Waals surface area contributed by atoms with E-state index in [2.05, 4.69) is 37.3 Å². The average molecular weight is 470 g/mol. The summed E-state index contributed by atoms with van der Waals surface area (Å²) in [4.78, 5) is 23.5. The summed E-state index contributed by atoms with van der Waals surface area (Å²) in [5.41, 5.74) is 0.275. The molecule has 34 heavy (non-hydrogen) atoms. The highest BCUT2D eigenvalue weighted by Gasteiger charge is 2.33. The third kappa shape index (κ3) is 3.95. The number of alkyl halides is 3. The topological polar surface area (TPSA) is 93.2 Å². The smallest absolute Gasteiger partial charge is 0.337 e. The summed E-state index contributed by atoms with van der Waals surface area (Å²) >= 11 is 0. The molecule has 1 fully saturated rings. The van der Waals surface area contributed by atoms with Crippen molar-refractivity contribution < 1.29 is 18.0 Å². The number of nitrogens with one attached hydrogen (secondary N) is 1. The molecule has 1 aliphatic heterocycles. The Bertz CT molecular complexity index is 1380. The Morgan fingerprint density at radius 2 is 2.03 bits per heavy atom. The largest absolute Gasteiger partial charge is 0.433 e. The number of carbonyl (C=O) groups is 1. The number of hydrogen-bond acceptors (Lipinski definition) is 6. The Labute approximate surface area is 192 Å². The maximum atomic E-state index is 13.1. The van der Waals surface area contributed by atoms with Gasteiger partial charge in [0.25, 0.3) is 5.91 Å². The minimum atomic E-state index is -4.60. The molecule has 1 N–H and O–H groups in total. The molecule has 0 aliphatic carbocycles. The van der Waals surface area contributed by atoms with E-state index in [0.717, 1.165) is 25.5 Å². The standard InChI is InChI=1S/C22H21F3N8O/c1-13-5-4-9-32(13)21-29-18-11-14(8-10-33(18)30-21)27-20(34)19-15(12-26-31(19)2)16-6-3-7-17(28-16)22(23,24)25/h3,6-8,10-13H,4-5,9H2,1-2H3,(H,27,34). The highest BCUT2D eigenvalue weighted by atomic mass is 19.4. The molecule has 4 aromatic rings. The van der Waals surface area contributed by atoms with Gasteiger partial charge in [-0.1, -0.05) is 6.07 Å². The van der Waals surface area contributed by atoms with E-state index in [4.69, 9.17) is 0 Å². The van der Waals surface area contributed by atoms with Crippen LogP contribution in [-0.4, -0.2) is 47.9 Å². The first-order valence-corrected chi connectivity index (χ1v) is 10.7. The summed E-state index contributed by atoms with van der Waals surface area (Å²) in [5, 5.41) is 11.3. The van der Waals surface area contributed by atoms with E-state index in [-0.39, 0.29) is 17.0 Å². The van der Waals surface area contributed by atoms with Crippen molar-refractivity contribution in [3.05, 3.63) is 54.1 Å². The zero-order chi connectivity index (χ0) is 24.0. The molecule has 9 nitrogen and oxygen atoms in total. The van der Waals surface area contributed by atoms with Crippen molar-refractivity contribution in [1.82, 2.24) is 29.4 Å². The molecule has 0 spiro atoms. The monoisotopic (exact) mass is 470 g/mol. The van der Waals surface area contributed by atoms with Gasteiger partial charge in [0.1, 0.15) is 11.4 Å². The molecule has 5 heterocycles. The van der Waals surface area contributed by atoms with Crippen LogP contribution >= 0.6 is 0 Å². The molecule has 4 aromatic heterocycles. The predicted octanol–water partition coefficient (Wildman–Crippen LogP) is 3.78. The number of fused-ring (bicyclic) bond motifs is 1. The summed E-state index contributed by atoms with van der Waals surface area (Å²) in [5.74, 6) is 0.101. The zero-order valence-corrected chi connectivity index (χ0v) is 18.4. The van der Waals surface area contributed by atoms with Gasteiger partial charge in [-0.15, -0.1) is 5.10 Å². The fourth-order valence-electron chi connectivity index (χ4n) is 4.13. The fourth-order valence-corrected chi connectivity index (χ4v) is 4.13. The van der Waals surface area contributed by atoms with Gasteiger partial charge >= 0.3 is 6.18 Å². The van der Waals surface area contributed by atoms with Gasteiger partial charge < -0.3 is 10.2 Å². The third-order valence-electron chi connectivity index (χ3n) is 5.86. The van der Waals surface area contributed by atoms with Crippen LogP contribution in [0.3, 0.4) is 0 Å². The van der Waals surface area contributed by atoms with Crippen molar-refractivity contribution in [2.45, 2.75) is 32.0 Å². The number of anilines is 2. The maximum Gasteiger partial charge on any atom is 0.433 e.